The van der Waals surface area contributed by atoms with Crippen LogP contribution in [-0.4, -0.2) is 63.6 Å². The molecule has 13 heteroatoms. The first kappa shape index (κ1) is 30.9. The molecule has 46 heavy (non-hydrogen) atoms. The van der Waals surface area contributed by atoms with Crippen LogP contribution in [0.2, 0.25) is 0 Å². The molecule has 2 aliphatic rings. The van der Waals surface area contributed by atoms with Crippen LogP contribution in [0.25, 0.3) is 0 Å². The third-order valence-corrected chi connectivity index (χ3v) is 9.89. The zero-order chi connectivity index (χ0) is 32.5. The number of aromatic nitrogens is 1. The number of sulfonamides is 1. The van der Waals surface area contributed by atoms with Crippen LogP contribution < -0.4 is 18.7 Å². The van der Waals surface area contributed by atoms with E-state index in [-0.39, 0.29) is 28.5 Å². The summed E-state index contributed by atoms with van der Waals surface area (Å²) in [7, 11) is -4.59. The molecule has 4 aromatic rings. The zero-order valence-corrected chi connectivity index (χ0v) is 25.5. The number of alkyl halides is 2. The van der Waals surface area contributed by atoms with Gasteiger partial charge in [0.25, 0.3) is 15.9 Å². The minimum Gasteiger partial charge on any atom is -0.493 e. The Bertz CT molecular complexity index is 1900. The minimum absolute atomic E-state index is 0.0831. The molecule has 0 saturated carbocycles. The molecule has 1 atom stereocenters. The van der Waals surface area contributed by atoms with E-state index in [4.69, 9.17) is 4.74 Å². The smallest absolute Gasteiger partial charge is 0.387 e. The standard InChI is InChI=1S/C33H29F2N5O5S/c1-2-44-30-6-4-3-5-27(30)33(39-19-17-38(18-20-39)24-13-15-37-16-14-24)28-21-23(22-36)7-12-29(28)40(31(33)41)46(42,43)26-10-8-25(9-11-26)45-32(34)35/h3-16,21,32H,2,17-20H2,1H3. The van der Waals surface area contributed by atoms with Gasteiger partial charge >= 0.3 is 6.61 Å². The van der Waals surface area contributed by atoms with Crippen molar-refractivity contribution in [3.8, 4) is 17.6 Å². The van der Waals surface area contributed by atoms with Crippen molar-refractivity contribution in [3.05, 3.63) is 108 Å². The monoisotopic (exact) mass is 645 g/mol. The van der Waals surface area contributed by atoms with Crippen LogP contribution in [0.4, 0.5) is 20.2 Å². The third kappa shape index (κ3) is 5.19. The molecule has 1 saturated heterocycles. The number of hydrogen-bond acceptors (Lipinski definition) is 9. The van der Waals surface area contributed by atoms with Crippen molar-refractivity contribution in [2.45, 2.75) is 24.0 Å². The Morgan fingerprint density at radius 3 is 2.30 bits per heavy atom. The Hall–Kier alpha value is -5.06. The first-order valence-electron chi connectivity index (χ1n) is 14.5. The number of rotatable bonds is 9. The molecule has 1 unspecified atom stereocenters. The number of piperazine rings is 1. The highest BCUT2D eigenvalue weighted by Gasteiger charge is 2.60. The van der Waals surface area contributed by atoms with Gasteiger partial charge in [0, 0.05) is 55.4 Å². The van der Waals surface area contributed by atoms with Crippen molar-refractivity contribution >= 4 is 27.3 Å². The number of hydrogen-bond donors (Lipinski definition) is 0. The lowest BCUT2D eigenvalue weighted by Gasteiger charge is -2.46. The fourth-order valence-corrected chi connectivity index (χ4v) is 7.68. The van der Waals surface area contributed by atoms with E-state index >= 15 is 4.79 Å². The first-order valence-corrected chi connectivity index (χ1v) is 16.0. The molecular weight excluding hydrogens is 616 g/mol. The number of pyridine rings is 1. The Morgan fingerprint density at radius 1 is 0.957 bits per heavy atom. The molecule has 0 spiro atoms. The number of benzene rings is 3. The molecule has 0 N–H and O–H groups in total. The maximum absolute atomic E-state index is 15.1. The van der Waals surface area contributed by atoms with Gasteiger partial charge in [-0.1, -0.05) is 18.2 Å². The van der Waals surface area contributed by atoms with Gasteiger partial charge in [-0.2, -0.15) is 14.0 Å². The molecule has 236 valence electrons. The van der Waals surface area contributed by atoms with Crippen molar-refractivity contribution in [2.75, 3.05) is 42.0 Å². The van der Waals surface area contributed by atoms with Crippen LogP contribution in [0.1, 0.15) is 23.6 Å². The van der Waals surface area contributed by atoms with Crippen LogP contribution in [0.5, 0.6) is 11.5 Å². The number of ether oxygens (including phenoxy) is 2. The van der Waals surface area contributed by atoms with Gasteiger partial charge in [0.15, 0.2) is 5.54 Å². The third-order valence-electron chi connectivity index (χ3n) is 8.17. The number of para-hydroxylation sites is 1. The van der Waals surface area contributed by atoms with E-state index in [0.29, 0.717) is 43.1 Å². The number of fused-ring (bicyclic) bond motifs is 1. The molecule has 2 aliphatic heterocycles. The Balaban J connectivity index is 1.53. The summed E-state index contributed by atoms with van der Waals surface area (Å²) < 4.78 is 65.4. The lowest BCUT2D eigenvalue weighted by molar-refractivity contribution is -0.127. The van der Waals surface area contributed by atoms with E-state index in [0.717, 1.165) is 34.3 Å². The summed E-state index contributed by atoms with van der Waals surface area (Å²) in [5.74, 6) is -0.598. The van der Waals surface area contributed by atoms with Crippen LogP contribution in [0.3, 0.4) is 0 Å². The maximum atomic E-state index is 15.1. The fourth-order valence-electron chi connectivity index (χ4n) is 6.22. The summed E-state index contributed by atoms with van der Waals surface area (Å²) >= 11 is 0. The van der Waals surface area contributed by atoms with Gasteiger partial charge in [-0.25, -0.2) is 12.7 Å². The molecule has 0 aliphatic carbocycles. The minimum atomic E-state index is -4.59. The predicted molar refractivity (Wildman–Crippen MR) is 165 cm³/mol. The lowest BCUT2D eigenvalue weighted by Crippen LogP contribution is -2.60. The van der Waals surface area contributed by atoms with E-state index in [1.54, 1.807) is 42.7 Å². The normalized spacial score (nSPS) is 18.4. The Labute approximate surface area is 265 Å². The van der Waals surface area contributed by atoms with E-state index < -0.39 is 28.1 Å². The summed E-state index contributed by atoms with van der Waals surface area (Å²) in [4.78, 5) is 23.0. The van der Waals surface area contributed by atoms with Gasteiger partial charge in [-0.3, -0.25) is 14.7 Å². The van der Waals surface area contributed by atoms with Crippen LogP contribution in [0, 0.1) is 11.3 Å². The number of carbonyl (C=O) groups is 1. The number of anilines is 2. The molecular formula is C33H29F2N5O5S. The molecule has 1 fully saturated rings. The molecule has 10 nitrogen and oxygen atoms in total. The van der Waals surface area contributed by atoms with Gasteiger partial charge in [0.2, 0.25) is 0 Å². The van der Waals surface area contributed by atoms with Crippen LogP contribution in [-0.2, 0) is 20.4 Å². The summed E-state index contributed by atoms with van der Waals surface area (Å²) in [6.45, 7) is 0.762. The average molecular weight is 646 g/mol. The molecule has 6 rings (SSSR count). The second-order valence-electron chi connectivity index (χ2n) is 10.6. The van der Waals surface area contributed by atoms with Crippen molar-refractivity contribution in [2.24, 2.45) is 0 Å². The van der Waals surface area contributed by atoms with Crippen molar-refractivity contribution in [1.82, 2.24) is 9.88 Å². The van der Waals surface area contributed by atoms with Crippen LogP contribution >= 0.6 is 0 Å². The predicted octanol–water partition coefficient (Wildman–Crippen LogP) is 4.75. The topological polar surface area (TPSA) is 116 Å². The highest BCUT2D eigenvalue weighted by Crippen LogP contribution is 2.53. The van der Waals surface area contributed by atoms with E-state index in [1.165, 1.54) is 12.1 Å². The molecule has 3 aromatic carbocycles. The number of carbonyl (C=O) groups excluding carboxylic acids is 1. The largest absolute Gasteiger partial charge is 0.493 e. The number of nitrogens with zero attached hydrogens (tertiary/aromatic N) is 5. The summed E-state index contributed by atoms with van der Waals surface area (Å²) in [6, 6.07) is 21.8. The van der Waals surface area contributed by atoms with Gasteiger partial charge in [-0.05, 0) is 67.6 Å². The number of halogens is 2. The summed E-state index contributed by atoms with van der Waals surface area (Å²) in [5.41, 5.74) is 0.361. The lowest BCUT2D eigenvalue weighted by atomic mass is 9.80. The van der Waals surface area contributed by atoms with E-state index in [2.05, 4.69) is 20.7 Å². The Morgan fingerprint density at radius 2 is 1.65 bits per heavy atom. The number of nitriles is 1. The number of amides is 1. The molecule has 0 radical (unpaired) electrons. The van der Waals surface area contributed by atoms with Crippen molar-refractivity contribution in [1.29, 1.82) is 5.26 Å². The first-order chi connectivity index (χ1) is 22.2. The highest BCUT2D eigenvalue weighted by molar-refractivity contribution is 7.93. The average Bonchev–Trinajstić information content (AvgIpc) is 3.34. The highest BCUT2D eigenvalue weighted by atomic mass is 32.2. The quantitative estimate of drug-likeness (QED) is 0.254. The molecule has 0 bridgehead atoms. The molecule has 1 aromatic heterocycles. The molecule has 3 heterocycles. The SMILES string of the molecule is CCOc1ccccc1C1(N2CCN(c3ccncc3)CC2)C(=O)N(S(=O)(=O)c2ccc(OC(F)F)cc2)c2ccc(C#N)cc21. The second-order valence-corrected chi connectivity index (χ2v) is 12.4. The summed E-state index contributed by atoms with van der Waals surface area (Å²) in [6.07, 6.45) is 3.41. The summed E-state index contributed by atoms with van der Waals surface area (Å²) in [5, 5.41) is 9.90. The second kappa shape index (κ2) is 12.4. The van der Waals surface area contributed by atoms with Crippen molar-refractivity contribution < 1.29 is 31.5 Å². The van der Waals surface area contributed by atoms with Gasteiger partial charge in [-0.15, -0.1) is 0 Å². The van der Waals surface area contributed by atoms with E-state index in [9.17, 15) is 22.5 Å². The van der Waals surface area contributed by atoms with Gasteiger partial charge < -0.3 is 14.4 Å². The Kier molecular flexibility index (Phi) is 8.33. The van der Waals surface area contributed by atoms with Gasteiger partial charge in [0.1, 0.15) is 11.5 Å². The van der Waals surface area contributed by atoms with E-state index in [1.807, 2.05) is 24.0 Å². The van der Waals surface area contributed by atoms with Gasteiger partial charge in [0.05, 0.1) is 28.8 Å². The van der Waals surface area contributed by atoms with Crippen molar-refractivity contribution in [3.63, 3.8) is 0 Å². The maximum Gasteiger partial charge on any atom is 0.387 e. The molecule has 1 amide bonds. The zero-order valence-electron chi connectivity index (χ0n) is 24.7. The fraction of sp³-hybridized carbons (Fsp3) is 0.242. The van der Waals surface area contributed by atoms with Crippen LogP contribution in [0.15, 0.2) is 96.2 Å².